The number of anilines is 1. The Morgan fingerprint density at radius 2 is 1.60 bits per heavy atom. The largest absolute Gasteiger partial charge is 0.365 e. The summed E-state index contributed by atoms with van der Waals surface area (Å²) in [5, 5.41) is 10.7. The Morgan fingerprint density at radius 1 is 0.952 bits per heavy atom. The topological polar surface area (TPSA) is 93.6 Å². The monoisotopic (exact) mass is 576 g/mol. The number of unbranched alkanes of at least 4 members (excludes halogenated alkanes) is 3. The molecule has 8 nitrogen and oxygen atoms in total. The Labute approximate surface area is 249 Å². The van der Waals surface area contributed by atoms with Crippen LogP contribution in [0.4, 0.5) is 10.2 Å². The van der Waals surface area contributed by atoms with Crippen molar-refractivity contribution in [1.82, 2.24) is 25.2 Å². The van der Waals surface area contributed by atoms with Gasteiger partial charge in [-0.1, -0.05) is 42.8 Å². The highest BCUT2D eigenvalue weighted by Gasteiger charge is 2.16. The Morgan fingerprint density at radius 3 is 2.26 bits per heavy atom. The minimum atomic E-state index is -0.237. The number of piperazine rings is 1. The molecule has 1 aliphatic rings. The molecule has 0 spiro atoms. The minimum absolute atomic E-state index is 0.237. The van der Waals surface area contributed by atoms with Crippen molar-refractivity contribution in [2.75, 3.05) is 45.1 Å². The van der Waals surface area contributed by atoms with Gasteiger partial charge in [0.25, 0.3) is 0 Å². The van der Waals surface area contributed by atoms with E-state index in [1.54, 1.807) is 23.9 Å². The highest BCUT2D eigenvalue weighted by Crippen LogP contribution is 2.24. The lowest BCUT2D eigenvalue weighted by Gasteiger charge is -2.34. The highest BCUT2D eigenvalue weighted by atomic mass is 19.1. The van der Waals surface area contributed by atoms with Crippen molar-refractivity contribution in [1.29, 1.82) is 0 Å². The Balaban J connectivity index is 0.00000155. The van der Waals surface area contributed by atoms with Crippen LogP contribution in [0.3, 0.4) is 0 Å². The molecule has 9 heteroatoms. The summed E-state index contributed by atoms with van der Waals surface area (Å²) in [6, 6.07) is 15.3. The first kappa shape index (κ1) is 33.0. The van der Waals surface area contributed by atoms with Crippen LogP contribution >= 0.6 is 0 Å². The highest BCUT2D eigenvalue weighted by molar-refractivity contribution is 5.84. The Hall–Kier alpha value is -3.50. The fourth-order valence-electron chi connectivity index (χ4n) is 4.93. The van der Waals surface area contributed by atoms with Crippen molar-refractivity contribution in [3.05, 3.63) is 88.6 Å². The molecule has 3 aromatic rings. The SMILES string of the molecule is C/C(=C\c1c(C)ncnc1NCc1ccc(F)cc1)c1ccc(CN2CCN(CCCCCC=O)CC2)cc1.CNO. The second kappa shape index (κ2) is 18.1. The third kappa shape index (κ3) is 11.1. The van der Waals surface area contributed by atoms with Gasteiger partial charge in [-0.15, -0.1) is 0 Å². The van der Waals surface area contributed by atoms with E-state index in [0.29, 0.717) is 13.0 Å². The summed E-state index contributed by atoms with van der Waals surface area (Å²) in [7, 11) is 1.43. The number of halogens is 1. The van der Waals surface area contributed by atoms with Crippen molar-refractivity contribution in [2.45, 2.75) is 52.6 Å². The third-order valence-electron chi connectivity index (χ3n) is 7.39. The smallest absolute Gasteiger partial charge is 0.137 e. The molecular weight excluding hydrogens is 531 g/mol. The number of aromatic nitrogens is 2. The minimum Gasteiger partial charge on any atom is -0.365 e. The molecule has 0 saturated carbocycles. The lowest BCUT2D eigenvalue weighted by Crippen LogP contribution is -2.46. The summed E-state index contributed by atoms with van der Waals surface area (Å²) in [4.78, 5) is 24.4. The first-order valence-electron chi connectivity index (χ1n) is 14.7. The molecule has 2 aromatic carbocycles. The summed E-state index contributed by atoms with van der Waals surface area (Å²) in [5.41, 5.74) is 8.25. The number of rotatable bonds is 13. The zero-order valence-corrected chi connectivity index (χ0v) is 25.2. The molecule has 0 aliphatic carbocycles. The van der Waals surface area contributed by atoms with E-state index in [0.717, 1.165) is 86.6 Å². The number of aldehydes is 1. The molecule has 1 aliphatic heterocycles. The van der Waals surface area contributed by atoms with E-state index >= 15 is 0 Å². The second-order valence-corrected chi connectivity index (χ2v) is 10.6. The van der Waals surface area contributed by atoms with Crippen molar-refractivity contribution >= 4 is 23.8 Å². The molecule has 0 unspecified atom stereocenters. The van der Waals surface area contributed by atoms with Crippen molar-refractivity contribution in [3.8, 4) is 0 Å². The maximum atomic E-state index is 13.2. The number of hydrogen-bond donors (Lipinski definition) is 3. The molecule has 0 atom stereocenters. The summed E-state index contributed by atoms with van der Waals surface area (Å²) in [5.74, 6) is 0.530. The summed E-state index contributed by atoms with van der Waals surface area (Å²) >= 11 is 0. The maximum Gasteiger partial charge on any atom is 0.137 e. The molecule has 0 amide bonds. The van der Waals surface area contributed by atoms with Gasteiger partial charge in [0.15, 0.2) is 0 Å². The number of nitrogens with zero attached hydrogens (tertiary/aromatic N) is 4. The Kier molecular flexibility index (Phi) is 14.2. The average molecular weight is 577 g/mol. The van der Waals surface area contributed by atoms with Crippen LogP contribution in [0.25, 0.3) is 11.6 Å². The predicted octanol–water partition coefficient (Wildman–Crippen LogP) is 5.57. The lowest BCUT2D eigenvalue weighted by atomic mass is 10.0. The average Bonchev–Trinajstić information content (AvgIpc) is 3.00. The van der Waals surface area contributed by atoms with E-state index in [1.165, 1.54) is 36.7 Å². The summed E-state index contributed by atoms with van der Waals surface area (Å²) in [6.07, 6.45) is 8.76. The number of carbonyl (C=O) groups excluding carboxylic acids is 1. The van der Waals surface area contributed by atoms with Crippen LogP contribution in [-0.4, -0.2) is 71.0 Å². The van der Waals surface area contributed by atoms with Crippen LogP contribution in [0.2, 0.25) is 0 Å². The Bertz CT molecular complexity index is 1240. The van der Waals surface area contributed by atoms with Gasteiger partial charge in [-0.3, -0.25) is 4.90 Å². The van der Waals surface area contributed by atoms with Crippen LogP contribution < -0.4 is 10.8 Å². The van der Waals surface area contributed by atoms with Gasteiger partial charge in [-0.05, 0) is 73.7 Å². The van der Waals surface area contributed by atoms with Gasteiger partial charge in [-0.25, -0.2) is 19.8 Å². The standard InChI is InChI=1S/C32H40FN5O.CH5NO/c1-25(21-31-26(2)35-24-36-32(31)34-22-27-9-13-30(33)14-10-27)29-11-7-28(8-12-29)23-38-18-16-37(17-19-38)15-5-3-4-6-20-39;1-2-3/h7-14,20-21,24H,3-6,15-19,22-23H2,1-2H3,(H,34,35,36);2-3H,1H3/b25-21+;. The summed E-state index contributed by atoms with van der Waals surface area (Å²) in [6.45, 7) is 11.2. The van der Waals surface area contributed by atoms with Crippen molar-refractivity contribution < 1.29 is 14.4 Å². The van der Waals surface area contributed by atoms with E-state index in [1.807, 2.05) is 6.92 Å². The molecule has 1 fully saturated rings. The van der Waals surface area contributed by atoms with E-state index < -0.39 is 0 Å². The van der Waals surface area contributed by atoms with Crippen LogP contribution in [0.5, 0.6) is 0 Å². The molecular formula is C33H45FN6O2. The van der Waals surface area contributed by atoms with Gasteiger partial charge in [0, 0.05) is 58.3 Å². The van der Waals surface area contributed by atoms with Gasteiger partial charge in [0.05, 0.1) is 5.69 Å². The van der Waals surface area contributed by atoms with Gasteiger partial charge < -0.3 is 20.2 Å². The van der Waals surface area contributed by atoms with Gasteiger partial charge in [0.2, 0.25) is 0 Å². The molecule has 226 valence electrons. The predicted molar refractivity (Wildman–Crippen MR) is 168 cm³/mol. The van der Waals surface area contributed by atoms with Crippen LogP contribution in [0, 0.1) is 12.7 Å². The molecule has 0 radical (unpaired) electrons. The first-order chi connectivity index (χ1) is 20.4. The molecule has 1 saturated heterocycles. The van der Waals surface area contributed by atoms with Crippen molar-refractivity contribution in [3.63, 3.8) is 0 Å². The first-order valence-corrected chi connectivity index (χ1v) is 14.7. The maximum absolute atomic E-state index is 13.2. The zero-order valence-electron chi connectivity index (χ0n) is 25.2. The lowest BCUT2D eigenvalue weighted by molar-refractivity contribution is -0.107. The molecule has 0 bridgehead atoms. The van der Waals surface area contributed by atoms with Gasteiger partial charge >= 0.3 is 0 Å². The molecule has 1 aromatic heterocycles. The number of benzene rings is 2. The molecule has 3 N–H and O–H groups in total. The van der Waals surface area contributed by atoms with Gasteiger partial charge in [-0.2, -0.15) is 0 Å². The fraction of sp³-hybridized carbons (Fsp3) is 0.424. The molecule has 2 heterocycles. The van der Waals surface area contributed by atoms with E-state index in [9.17, 15) is 9.18 Å². The molecule has 42 heavy (non-hydrogen) atoms. The van der Waals surface area contributed by atoms with E-state index in [-0.39, 0.29) is 5.82 Å². The third-order valence-corrected chi connectivity index (χ3v) is 7.39. The number of hydroxylamine groups is 1. The van der Waals surface area contributed by atoms with Crippen LogP contribution in [-0.2, 0) is 17.9 Å². The van der Waals surface area contributed by atoms with Crippen LogP contribution in [0.15, 0.2) is 54.9 Å². The number of carbonyl (C=O) groups is 1. The zero-order chi connectivity index (χ0) is 30.2. The quantitative estimate of drug-likeness (QED) is 0.138. The second-order valence-electron chi connectivity index (χ2n) is 10.6. The van der Waals surface area contributed by atoms with Crippen LogP contribution in [0.1, 0.15) is 60.6 Å². The number of hydrogen-bond acceptors (Lipinski definition) is 8. The number of aryl methyl sites for hydroxylation is 1. The number of nitrogens with one attached hydrogen (secondary N) is 2. The fourth-order valence-corrected chi connectivity index (χ4v) is 4.93. The van der Waals surface area contributed by atoms with Gasteiger partial charge in [0.1, 0.15) is 24.2 Å². The van der Waals surface area contributed by atoms with E-state index in [2.05, 4.69) is 62.3 Å². The normalized spacial score (nSPS) is 14.3. The molecule has 4 rings (SSSR count). The van der Waals surface area contributed by atoms with Crippen molar-refractivity contribution in [2.24, 2.45) is 0 Å². The van der Waals surface area contributed by atoms with E-state index in [4.69, 9.17) is 5.21 Å². The number of allylic oxidation sites excluding steroid dienone is 1. The summed E-state index contributed by atoms with van der Waals surface area (Å²) < 4.78 is 13.2.